The molecular weight excluding hydrogens is 445 g/mol. The first-order valence-corrected chi connectivity index (χ1v) is 10.2. The third-order valence-electron chi connectivity index (χ3n) is 5.50. The molecule has 1 amide bonds. The number of fused-ring (bicyclic) bond motifs is 1. The second kappa shape index (κ2) is 8.38. The maximum atomic E-state index is 13.9. The number of alkyl halides is 3. The van der Waals surface area contributed by atoms with Crippen LogP contribution in [0.25, 0.3) is 0 Å². The Morgan fingerprint density at radius 2 is 2.03 bits per heavy atom. The van der Waals surface area contributed by atoms with E-state index < -0.39 is 24.2 Å². The van der Waals surface area contributed by atoms with Crippen molar-refractivity contribution in [2.45, 2.75) is 31.6 Å². The summed E-state index contributed by atoms with van der Waals surface area (Å²) in [6, 6.07) is 9.26. The first-order valence-electron chi connectivity index (χ1n) is 9.80. The number of benzene rings is 2. The molecule has 1 aliphatic rings. The number of nitrogens with zero attached hydrogens (tertiary/aromatic N) is 2. The lowest BCUT2D eigenvalue weighted by molar-refractivity contribution is -0.173. The van der Waals surface area contributed by atoms with Crippen LogP contribution >= 0.6 is 11.6 Å². The van der Waals surface area contributed by atoms with Gasteiger partial charge in [-0.05, 0) is 42.3 Å². The van der Waals surface area contributed by atoms with Crippen molar-refractivity contribution in [3.8, 4) is 5.75 Å². The van der Waals surface area contributed by atoms with Crippen LogP contribution in [0.2, 0.25) is 5.02 Å². The fourth-order valence-electron chi connectivity index (χ4n) is 3.74. The second-order valence-electron chi connectivity index (χ2n) is 7.48. The molecule has 1 aromatic heterocycles. The summed E-state index contributed by atoms with van der Waals surface area (Å²) in [6.45, 7) is 1.74. The van der Waals surface area contributed by atoms with Gasteiger partial charge in [0, 0.05) is 17.1 Å². The monoisotopic (exact) mass is 464 g/mol. The van der Waals surface area contributed by atoms with Crippen molar-refractivity contribution in [1.82, 2.24) is 9.78 Å². The standard InChI is InChI=1S/C22H20ClF3N4O2/c1-12-16(23)7-4-8-17(12)29-21(31)15-11-27-30-19(22(24,25)26)10-18(28-20(15)30)13-5-3-6-14(9-13)32-2/h3-9,11,18-19,28H,10H2,1-2H3,(H,29,31)/t18-,19+/m0/s1. The molecule has 0 aliphatic carbocycles. The van der Waals surface area contributed by atoms with Crippen molar-refractivity contribution in [3.05, 3.63) is 70.4 Å². The Labute approximate surface area is 187 Å². The number of carbonyl (C=O) groups is 1. The van der Waals surface area contributed by atoms with Gasteiger partial charge in [0.05, 0.1) is 19.3 Å². The number of anilines is 2. The lowest BCUT2D eigenvalue weighted by atomic mass is 9.96. The number of nitrogens with one attached hydrogen (secondary N) is 2. The number of hydrogen-bond acceptors (Lipinski definition) is 4. The van der Waals surface area contributed by atoms with Gasteiger partial charge in [-0.1, -0.05) is 29.8 Å². The lowest BCUT2D eigenvalue weighted by Gasteiger charge is -2.34. The van der Waals surface area contributed by atoms with Crippen LogP contribution in [0.1, 0.15) is 40.0 Å². The average molecular weight is 465 g/mol. The van der Waals surface area contributed by atoms with E-state index in [-0.39, 0.29) is 17.8 Å². The number of methoxy groups -OCH3 is 1. The van der Waals surface area contributed by atoms with Gasteiger partial charge in [-0.2, -0.15) is 18.3 Å². The van der Waals surface area contributed by atoms with E-state index in [0.717, 1.165) is 10.9 Å². The van der Waals surface area contributed by atoms with E-state index in [2.05, 4.69) is 15.7 Å². The highest BCUT2D eigenvalue weighted by Crippen LogP contribution is 2.44. The highest BCUT2D eigenvalue weighted by atomic mass is 35.5. The van der Waals surface area contributed by atoms with Crippen LogP contribution < -0.4 is 15.4 Å². The summed E-state index contributed by atoms with van der Waals surface area (Å²) in [5, 5.41) is 10.1. The third-order valence-corrected chi connectivity index (χ3v) is 5.90. The molecule has 2 atom stereocenters. The Kier molecular flexibility index (Phi) is 5.77. The van der Waals surface area contributed by atoms with E-state index in [0.29, 0.717) is 27.6 Å². The summed E-state index contributed by atoms with van der Waals surface area (Å²) in [5.74, 6) is -0.0544. The predicted molar refractivity (Wildman–Crippen MR) is 115 cm³/mol. The van der Waals surface area contributed by atoms with Gasteiger partial charge in [0.15, 0.2) is 6.04 Å². The minimum absolute atomic E-state index is 0.00331. The van der Waals surface area contributed by atoms with Crippen LogP contribution in [0.5, 0.6) is 5.75 Å². The van der Waals surface area contributed by atoms with Crippen molar-refractivity contribution in [2.24, 2.45) is 0 Å². The minimum Gasteiger partial charge on any atom is -0.497 e. The van der Waals surface area contributed by atoms with Crippen molar-refractivity contribution >= 4 is 29.0 Å². The highest BCUT2D eigenvalue weighted by molar-refractivity contribution is 6.31. The first kappa shape index (κ1) is 22.0. The van der Waals surface area contributed by atoms with Gasteiger partial charge in [0.25, 0.3) is 5.91 Å². The zero-order valence-corrected chi connectivity index (χ0v) is 18.0. The molecule has 2 heterocycles. The number of carbonyl (C=O) groups excluding carboxylic acids is 1. The molecule has 0 fully saturated rings. The van der Waals surface area contributed by atoms with Crippen LogP contribution in [0.15, 0.2) is 48.7 Å². The normalized spacial score (nSPS) is 17.9. The number of amides is 1. The smallest absolute Gasteiger partial charge is 0.410 e. The van der Waals surface area contributed by atoms with Gasteiger partial charge in [-0.3, -0.25) is 4.79 Å². The van der Waals surface area contributed by atoms with Crippen molar-refractivity contribution in [1.29, 1.82) is 0 Å². The van der Waals surface area contributed by atoms with Crippen LogP contribution in [-0.4, -0.2) is 29.0 Å². The van der Waals surface area contributed by atoms with E-state index in [1.54, 1.807) is 49.4 Å². The van der Waals surface area contributed by atoms with Gasteiger partial charge in [-0.15, -0.1) is 0 Å². The summed E-state index contributed by atoms with van der Waals surface area (Å²) < 4.78 is 47.7. The third kappa shape index (κ3) is 4.12. The SMILES string of the molecule is COc1cccc([C@@H]2C[C@H](C(F)(F)F)n3ncc(C(=O)Nc4cccc(Cl)c4C)c3N2)c1. The fraction of sp³-hybridized carbons (Fsp3) is 0.273. The van der Waals surface area contributed by atoms with Crippen LogP contribution in [-0.2, 0) is 0 Å². The Balaban J connectivity index is 1.71. The molecule has 0 unspecified atom stereocenters. The molecule has 2 aromatic carbocycles. The van der Waals surface area contributed by atoms with Crippen molar-refractivity contribution < 1.29 is 22.7 Å². The average Bonchev–Trinajstić information content (AvgIpc) is 3.19. The number of hydrogen-bond donors (Lipinski definition) is 2. The highest BCUT2D eigenvalue weighted by Gasteiger charge is 2.47. The summed E-state index contributed by atoms with van der Waals surface area (Å²) in [7, 11) is 1.49. The summed E-state index contributed by atoms with van der Waals surface area (Å²) in [4.78, 5) is 13.0. The zero-order valence-electron chi connectivity index (χ0n) is 17.2. The quantitative estimate of drug-likeness (QED) is 0.514. The summed E-state index contributed by atoms with van der Waals surface area (Å²) in [5.41, 5.74) is 1.74. The molecule has 10 heteroatoms. The van der Waals surface area contributed by atoms with Gasteiger partial charge < -0.3 is 15.4 Å². The van der Waals surface area contributed by atoms with E-state index in [4.69, 9.17) is 16.3 Å². The fourth-order valence-corrected chi connectivity index (χ4v) is 3.91. The Morgan fingerprint density at radius 1 is 1.28 bits per heavy atom. The minimum atomic E-state index is -4.54. The van der Waals surface area contributed by atoms with Crippen LogP contribution in [0.3, 0.4) is 0 Å². The van der Waals surface area contributed by atoms with E-state index in [1.807, 2.05) is 0 Å². The molecule has 32 heavy (non-hydrogen) atoms. The maximum Gasteiger partial charge on any atom is 0.410 e. The Hall–Kier alpha value is -3.20. The topological polar surface area (TPSA) is 68.2 Å². The van der Waals surface area contributed by atoms with Crippen molar-refractivity contribution in [2.75, 3.05) is 17.7 Å². The molecule has 3 aromatic rings. The zero-order chi connectivity index (χ0) is 23.0. The van der Waals surface area contributed by atoms with Crippen LogP contribution in [0.4, 0.5) is 24.7 Å². The van der Waals surface area contributed by atoms with Gasteiger partial charge in [0.1, 0.15) is 17.1 Å². The first-order chi connectivity index (χ1) is 15.2. The molecular formula is C22H20ClF3N4O2. The van der Waals surface area contributed by atoms with E-state index >= 15 is 0 Å². The number of halogens is 4. The van der Waals surface area contributed by atoms with Crippen LogP contribution in [0, 0.1) is 6.92 Å². The molecule has 0 bridgehead atoms. The molecule has 168 valence electrons. The molecule has 0 saturated heterocycles. The van der Waals surface area contributed by atoms with Gasteiger partial charge in [-0.25, -0.2) is 4.68 Å². The molecule has 1 aliphatic heterocycles. The second-order valence-corrected chi connectivity index (χ2v) is 7.89. The molecule has 0 radical (unpaired) electrons. The number of aromatic nitrogens is 2. The molecule has 0 saturated carbocycles. The Bertz CT molecular complexity index is 1160. The van der Waals surface area contributed by atoms with Crippen molar-refractivity contribution in [3.63, 3.8) is 0 Å². The summed E-state index contributed by atoms with van der Waals surface area (Å²) >= 11 is 6.10. The van der Waals surface area contributed by atoms with Gasteiger partial charge in [0.2, 0.25) is 0 Å². The predicted octanol–water partition coefficient (Wildman–Crippen LogP) is 5.77. The van der Waals surface area contributed by atoms with E-state index in [1.165, 1.54) is 7.11 Å². The molecule has 2 N–H and O–H groups in total. The maximum absolute atomic E-state index is 13.9. The molecule has 0 spiro atoms. The number of ether oxygens (including phenoxy) is 1. The lowest BCUT2D eigenvalue weighted by Crippen LogP contribution is -2.36. The molecule has 6 nitrogen and oxygen atoms in total. The Morgan fingerprint density at radius 3 is 2.75 bits per heavy atom. The molecule has 4 rings (SSSR count). The largest absolute Gasteiger partial charge is 0.497 e. The van der Waals surface area contributed by atoms with E-state index in [9.17, 15) is 18.0 Å². The van der Waals surface area contributed by atoms with Gasteiger partial charge >= 0.3 is 6.18 Å². The number of rotatable bonds is 4. The summed E-state index contributed by atoms with van der Waals surface area (Å²) in [6.07, 6.45) is -3.68.